The van der Waals surface area contributed by atoms with Crippen LogP contribution in [-0.4, -0.2) is 32.3 Å². The molecule has 0 aliphatic heterocycles. The number of pyridine rings is 1. The van der Waals surface area contributed by atoms with Crippen LogP contribution >= 0.6 is 0 Å². The lowest BCUT2D eigenvalue weighted by Crippen LogP contribution is -2.30. The van der Waals surface area contributed by atoms with Crippen LogP contribution in [0, 0.1) is 0 Å². The highest BCUT2D eigenvalue weighted by atomic mass is 16.5. The van der Waals surface area contributed by atoms with Crippen LogP contribution in [0.1, 0.15) is 25.5 Å². The monoisotopic (exact) mass is 367 g/mol. The number of hydrogen-bond donors (Lipinski definition) is 1. The molecular weight excluding hydrogens is 346 g/mol. The summed E-state index contributed by atoms with van der Waals surface area (Å²) in [5.41, 5.74) is 0.880. The van der Waals surface area contributed by atoms with Gasteiger partial charge in [-0.3, -0.25) is 4.79 Å². The molecule has 8 nitrogen and oxygen atoms in total. The smallest absolute Gasteiger partial charge is 0.244 e. The first kappa shape index (κ1) is 18.4. The second kappa shape index (κ2) is 8.79. The fourth-order valence-electron chi connectivity index (χ4n) is 2.38. The molecule has 1 amide bonds. The molecular formula is C19H21N5O3. The van der Waals surface area contributed by atoms with Gasteiger partial charge in [0.25, 0.3) is 0 Å². The first-order chi connectivity index (χ1) is 13.2. The molecule has 0 aliphatic rings. The van der Waals surface area contributed by atoms with Crippen LogP contribution < -0.4 is 14.8 Å². The van der Waals surface area contributed by atoms with E-state index in [2.05, 4.69) is 20.4 Å². The zero-order chi connectivity index (χ0) is 19.1. The van der Waals surface area contributed by atoms with Gasteiger partial charge in [0.15, 0.2) is 0 Å². The average molecular weight is 367 g/mol. The summed E-state index contributed by atoms with van der Waals surface area (Å²) in [5.74, 6) is 1.75. The Bertz CT molecular complexity index is 865. The van der Waals surface area contributed by atoms with E-state index in [-0.39, 0.29) is 5.91 Å². The highest BCUT2D eigenvalue weighted by Crippen LogP contribution is 2.23. The van der Waals surface area contributed by atoms with Gasteiger partial charge in [-0.15, -0.1) is 0 Å². The van der Waals surface area contributed by atoms with E-state index in [9.17, 15) is 4.79 Å². The molecule has 3 rings (SSSR count). The van der Waals surface area contributed by atoms with E-state index in [4.69, 9.17) is 9.47 Å². The normalized spacial score (nSPS) is 11.6. The third-order valence-corrected chi connectivity index (χ3v) is 3.84. The third kappa shape index (κ3) is 5.04. The van der Waals surface area contributed by atoms with Crippen LogP contribution in [0.5, 0.6) is 17.4 Å². The molecule has 2 aromatic heterocycles. The number of carbonyl (C=O) groups excluding carboxylic acids is 1. The number of amides is 1. The lowest BCUT2D eigenvalue weighted by molar-refractivity contribution is -0.124. The van der Waals surface area contributed by atoms with Crippen LogP contribution in [-0.2, 0) is 11.3 Å². The first-order valence-corrected chi connectivity index (χ1v) is 8.63. The van der Waals surface area contributed by atoms with E-state index >= 15 is 0 Å². The number of benzene rings is 1. The van der Waals surface area contributed by atoms with E-state index < -0.39 is 6.04 Å². The standard InChI is InChI=1S/C19H21N5O3/c1-3-26-16-4-6-17(7-5-16)27-18-10-15(8-9-21-18)11-22-19(25)14(2)24-13-20-12-23-24/h4-10,12-14H,3,11H2,1-2H3,(H,22,25)/t14-/m1/s1. The highest BCUT2D eigenvalue weighted by molar-refractivity contribution is 5.79. The molecule has 0 saturated heterocycles. The second-order valence-electron chi connectivity index (χ2n) is 5.78. The summed E-state index contributed by atoms with van der Waals surface area (Å²) in [6.07, 6.45) is 4.56. The molecule has 0 spiro atoms. The Balaban J connectivity index is 1.57. The maximum Gasteiger partial charge on any atom is 0.244 e. The Morgan fingerprint density at radius 1 is 1.22 bits per heavy atom. The number of rotatable bonds is 8. The molecule has 0 saturated carbocycles. The van der Waals surface area contributed by atoms with E-state index in [1.165, 1.54) is 17.3 Å². The van der Waals surface area contributed by atoms with Crippen molar-refractivity contribution in [1.82, 2.24) is 25.1 Å². The van der Waals surface area contributed by atoms with Gasteiger partial charge in [-0.25, -0.2) is 14.6 Å². The second-order valence-corrected chi connectivity index (χ2v) is 5.78. The Kier molecular flexibility index (Phi) is 5.98. The van der Waals surface area contributed by atoms with Crippen molar-refractivity contribution in [2.45, 2.75) is 26.4 Å². The molecule has 0 aliphatic carbocycles. The van der Waals surface area contributed by atoms with E-state index in [1.54, 1.807) is 19.2 Å². The first-order valence-electron chi connectivity index (χ1n) is 8.63. The van der Waals surface area contributed by atoms with Gasteiger partial charge < -0.3 is 14.8 Å². The predicted molar refractivity (Wildman–Crippen MR) is 98.5 cm³/mol. The molecule has 3 aromatic rings. The van der Waals surface area contributed by atoms with Gasteiger partial charge in [0, 0.05) is 18.8 Å². The quantitative estimate of drug-likeness (QED) is 0.658. The van der Waals surface area contributed by atoms with Crippen molar-refractivity contribution in [2.24, 2.45) is 0 Å². The van der Waals surface area contributed by atoms with Crippen LogP contribution in [0.2, 0.25) is 0 Å². The molecule has 0 radical (unpaired) electrons. The topological polar surface area (TPSA) is 91.2 Å². The average Bonchev–Trinajstić information content (AvgIpc) is 3.22. The number of nitrogens with one attached hydrogen (secondary N) is 1. The van der Waals surface area contributed by atoms with E-state index in [0.717, 1.165) is 11.3 Å². The van der Waals surface area contributed by atoms with Gasteiger partial charge in [0.2, 0.25) is 11.8 Å². The summed E-state index contributed by atoms with van der Waals surface area (Å²) in [7, 11) is 0. The van der Waals surface area contributed by atoms with Crippen molar-refractivity contribution in [2.75, 3.05) is 6.61 Å². The van der Waals surface area contributed by atoms with Crippen LogP contribution in [0.25, 0.3) is 0 Å². The lowest BCUT2D eigenvalue weighted by Gasteiger charge is -2.12. The van der Waals surface area contributed by atoms with Gasteiger partial charge in [-0.1, -0.05) is 0 Å². The lowest BCUT2D eigenvalue weighted by atomic mass is 10.2. The predicted octanol–water partition coefficient (Wildman–Crippen LogP) is 2.74. The molecule has 140 valence electrons. The van der Waals surface area contributed by atoms with Crippen molar-refractivity contribution in [3.8, 4) is 17.4 Å². The van der Waals surface area contributed by atoms with Crippen LogP contribution in [0.15, 0.2) is 55.2 Å². The van der Waals surface area contributed by atoms with Gasteiger partial charge in [-0.2, -0.15) is 5.10 Å². The molecule has 8 heteroatoms. The van der Waals surface area contributed by atoms with Gasteiger partial charge in [0.05, 0.1) is 6.61 Å². The SMILES string of the molecule is CCOc1ccc(Oc2cc(CNC(=O)[C@@H](C)n3cncn3)ccn2)cc1. The van der Waals surface area contributed by atoms with Gasteiger partial charge >= 0.3 is 0 Å². The zero-order valence-electron chi connectivity index (χ0n) is 15.2. The Hall–Kier alpha value is -3.42. The molecule has 27 heavy (non-hydrogen) atoms. The summed E-state index contributed by atoms with van der Waals surface area (Å²) in [4.78, 5) is 20.3. The number of carbonyl (C=O) groups is 1. The fraction of sp³-hybridized carbons (Fsp3) is 0.263. The number of ether oxygens (including phenoxy) is 2. The summed E-state index contributed by atoms with van der Waals surface area (Å²) >= 11 is 0. The molecule has 0 fully saturated rings. The van der Waals surface area contributed by atoms with Crippen LogP contribution in [0.4, 0.5) is 0 Å². The maximum atomic E-state index is 12.2. The van der Waals surface area contributed by atoms with Crippen molar-refractivity contribution in [1.29, 1.82) is 0 Å². The Morgan fingerprint density at radius 2 is 2.00 bits per heavy atom. The third-order valence-electron chi connectivity index (χ3n) is 3.84. The number of nitrogens with zero attached hydrogens (tertiary/aromatic N) is 4. The molecule has 0 bridgehead atoms. The Labute approximate surface area is 157 Å². The summed E-state index contributed by atoms with van der Waals surface area (Å²) in [6, 6.07) is 10.5. The van der Waals surface area contributed by atoms with Crippen molar-refractivity contribution >= 4 is 5.91 Å². The number of hydrogen-bond acceptors (Lipinski definition) is 6. The minimum absolute atomic E-state index is 0.147. The molecule has 2 heterocycles. The van der Waals surface area contributed by atoms with Crippen molar-refractivity contribution < 1.29 is 14.3 Å². The molecule has 1 N–H and O–H groups in total. The highest BCUT2D eigenvalue weighted by Gasteiger charge is 2.15. The zero-order valence-corrected chi connectivity index (χ0v) is 15.2. The van der Waals surface area contributed by atoms with E-state index in [1.807, 2.05) is 37.3 Å². The largest absolute Gasteiger partial charge is 0.494 e. The van der Waals surface area contributed by atoms with Crippen LogP contribution in [0.3, 0.4) is 0 Å². The van der Waals surface area contributed by atoms with Gasteiger partial charge in [-0.05, 0) is 49.7 Å². The van der Waals surface area contributed by atoms with Gasteiger partial charge in [0.1, 0.15) is 30.2 Å². The summed E-state index contributed by atoms with van der Waals surface area (Å²) in [6.45, 7) is 4.67. The van der Waals surface area contributed by atoms with Crippen molar-refractivity contribution in [3.05, 3.63) is 60.8 Å². The number of aromatic nitrogens is 4. The maximum absolute atomic E-state index is 12.2. The molecule has 0 unspecified atom stereocenters. The molecule has 1 atom stereocenters. The Morgan fingerprint density at radius 3 is 2.70 bits per heavy atom. The minimum atomic E-state index is -0.436. The summed E-state index contributed by atoms with van der Waals surface area (Å²) in [5, 5.41) is 6.85. The van der Waals surface area contributed by atoms with Crippen molar-refractivity contribution in [3.63, 3.8) is 0 Å². The summed E-state index contributed by atoms with van der Waals surface area (Å²) < 4.78 is 12.7. The fourth-order valence-corrected chi connectivity index (χ4v) is 2.38. The van der Waals surface area contributed by atoms with E-state index in [0.29, 0.717) is 24.8 Å². The minimum Gasteiger partial charge on any atom is -0.494 e. The molecule has 1 aromatic carbocycles.